The predicted octanol–water partition coefficient (Wildman–Crippen LogP) is 5.64. The lowest BCUT2D eigenvalue weighted by molar-refractivity contribution is -0.268. The fourth-order valence-electron chi connectivity index (χ4n) is 5.24. The molecule has 0 bridgehead atoms. The van der Waals surface area contributed by atoms with Crippen LogP contribution in [0.4, 0.5) is 0 Å². The zero-order valence-electron chi connectivity index (χ0n) is 24.8. The summed E-state index contributed by atoms with van der Waals surface area (Å²) >= 11 is 1.66. The highest BCUT2D eigenvalue weighted by atomic mass is 32.2. The summed E-state index contributed by atoms with van der Waals surface area (Å²) in [6.45, 7) is 2.43. The Bertz CT molecular complexity index is 1560. The Hall–Kier alpha value is -3.96. The Morgan fingerprint density at radius 1 is 0.977 bits per heavy atom. The molecule has 1 aromatic heterocycles. The molecule has 0 radical (unpaired) electrons. The Morgan fingerprint density at radius 2 is 1.70 bits per heavy atom. The van der Waals surface area contributed by atoms with E-state index in [1.165, 1.54) is 0 Å². The number of hydrogen-bond donors (Lipinski definition) is 3. The lowest BCUT2D eigenvalue weighted by Gasteiger charge is -2.41. The third kappa shape index (κ3) is 7.75. The number of carboxylic acid groups (broad SMARTS) is 1. The number of thioether (sulfide) groups is 1. The smallest absolute Gasteiger partial charge is 0.303 e. The number of nitrogens with one attached hydrogen (secondary N) is 1. The van der Waals surface area contributed by atoms with E-state index in [9.17, 15) is 14.7 Å². The fraction of sp³-hybridized carbons (Fsp3) is 0.324. The molecule has 3 N–H and O–H groups in total. The summed E-state index contributed by atoms with van der Waals surface area (Å²) in [5.74, 6) is -0.517. The summed E-state index contributed by atoms with van der Waals surface area (Å²) < 4.78 is 15.2. The minimum Gasteiger partial charge on any atom is -0.481 e. The van der Waals surface area contributed by atoms with E-state index >= 15 is 0 Å². The summed E-state index contributed by atoms with van der Waals surface area (Å²) in [5, 5.41) is 22.1. The van der Waals surface area contributed by atoms with Crippen LogP contribution in [-0.4, -0.2) is 43.5 Å². The first-order valence-electron chi connectivity index (χ1n) is 14.6. The number of imidazole rings is 1. The van der Waals surface area contributed by atoms with E-state index in [0.717, 1.165) is 38.5 Å². The van der Waals surface area contributed by atoms with Gasteiger partial charge in [0.2, 0.25) is 5.91 Å². The number of benzene rings is 3. The Kier molecular flexibility index (Phi) is 10.5. The summed E-state index contributed by atoms with van der Waals surface area (Å²) in [7, 11) is 1.98. The van der Waals surface area contributed by atoms with Crippen molar-refractivity contribution in [3.8, 4) is 11.1 Å². The number of amides is 1. The van der Waals surface area contributed by atoms with Crippen LogP contribution >= 0.6 is 11.8 Å². The predicted molar refractivity (Wildman–Crippen MR) is 167 cm³/mol. The zero-order valence-corrected chi connectivity index (χ0v) is 25.6. The molecule has 1 fully saturated rings. The molecule has 0 spiro atoms. The first-order chi connectivity index (χ1) is 21.3. The zero-order chi connectivity index (χ0) is 31.1. The van der Waals surface area contributed by atoms with Gasteiger partial charge in [0.25, 0.3) is 0 Å². The number of hydrogen-bond acceptors (Lipinski definition) is 7. The van der Waals surface area contributed by atoms with Gasteiger partial charge in [0.1, 0.15) is 0 Å². The molecule has 44 heavy (non-hydrogen) atoms. The van der Waals surface area contributed by atoms with Gasteiger partial charge in [0.15, 0.2) is 11.4 Å². The second kappa shape index (κ2) is 14.7. The number of nitrogens with zero attached hydrogens (tertiary/aromatic N) is 2. The molecule has 9 nitrogen and oxygen atoms in total. The maximum Gasteiger partial charge on any atom is 0.303 e. The van der Waals surface area contributed by atoms with Gasteiger partial charge in [0.05, 0.1) is 25.2 Å². The SMILES string of the molecule is C[C@@H]1[C@H](CSc2nccn2C)O[C@H](c2ccc(-c3ccccc3CNC(=O)CCC(=O)O)cc2)O[C@@H]1c1ccc(CO)cc1. The van der Waals surface area contributed by atoms with Crippen LogP contribution in [-0.2, 0) is 39.3 Å². The van der Waals surface area contributed by atoms with E-state index in [-0.39, 0.29) is 43.5 Å². The van der Waals surface area contributed by atoms with Crippen LogP contribution < -0.4 is 5.32 Å². The number of aliphatic hydroxyl groups excluding tert-OH is 1. The van der Waals surface area contributed by atoms with E-state index in [2.05, 4.69) is 17.2 Å². The van der Waals surface area contributed by atoms with Gasteiger partial charge >= 0.3 is 5.97 Å². The van der Waals surface area contributed by atoms with Gasteiger partial charge in [-0.2, -0.15) is 0 Å². The number of carbonyl (C=O) groups is 2. The van der Waals surface area contributed by atoms with Crippen LogP contribution in [0.1, 0.15) is 54.4 Å². The van der Waals surface area contributed by atoms with Gasteiger partial charge in [-0.05, 0) is 27.8 Å². The average molecular weight is 616 g/mol. The molecule has 5 rings (SSSR count). The number of aromatic nitrogens is 2. The molecule has 2 heterocycles. The highest BCUT2D eigenvalue weighted by Crippen LogP contribution is 2.43. The monoisotopic (exact) mass is 615 g/mol. The highest BCUT2D eigenvalue weighted by molar-refractivity contribution is 7.99. The summed E-state index contributed by atoms with van der Waals surface area (Å²) in [6.07, 6.45) is 2.56. The number of aliphatic hydroxyl groups is 1. The normalized spacial score (nSPS) is 19.9. The Balaban J connectivity index is 1.34. The quantitative estimate of drug-likeness (QED) is 0.175. The third-order valence-corrected chi connectivity index (χ3v) is 8.98. The van der Waals surface area contributed by atoms with Crippen LogP contribution in [0.15, 0.2) is 90.3 Å². The first-order valence-corrected chi connectivity index (χ1v) is 15.6. The molecule has 0 saturated carbocycles. The number of rotatable bonds is 12. The Labute approximate surface area is 261 Å². The van der Waals surface area contributed by atoms with Crippen molar-refractivity contribution < 1.29 is 29.3 Å². The van der Waals surface area contributed by atoms with Crippen molar-refractivity contribution in [3.63, 3.8) is 0 Å². The maximum atomic E-state index is 12.1. The molecule has 4 aromatic rings. The topological polar surface area (TPSA) is 123 Å². The van der Waals surface area contributed by atoms with Crippen LogP contribution in [0.3, 0.4) is 0 Å². The van der Waals surface area contributed by atoms with Crippen molar-refractivity contribution >= 4 is 23.6 Å². The minimum atomic E-state index is -0.995. The molecule has 3 aromatic carbocycles. The number of carbonyl (C=O) groups excluding carboxylic acids is 1. The second-order valence-electron chi connectivity index (χ2n) is 10.9. The van der Waals surface area contributed by atoms with Crippen molar-refractivity contribution in [3.05, 3.63) is 107 Å². The Morgan fingerprint density at radius 3 is 2.39 bits per heavy atom. The fourth-order valence-corrected chi connectivity index (χ4v) is 6.33. The average Bonchev–Trinajstić information content (AvgIpc) is 3.46. The summed E-state index contributed by atoms with van der Waals surface area (Å²) in [5.41, 5.74) is 5.66. The molecular weight excluding hydrogens is 578 g/mol. The van der Waals surface area contributed by atoms with Gasteiger partial charge in [-0.3, -0.25) is 9.59 Å². The van der Waals surface area contributed by atoms with Crippen molar-refractivity contribution in [2.75, 3.05) is 5.75 Å². The molecule has 230 valence electrons. The van der Waals surface area contributed by atoms with E-state index in [4.69, 9.17) is 14.6 Å². The van der Waals surface area contributed by atoms with Gasteiger partial charge < -0.3 is 29.6 Å². The maximum absolute atomic E-state index is 12.1. The van der Waals surface area contributed by atoms with Gasteiger partial charge in [-0.25, -0.2) is 4.98 Å². The van der Waals surface area contributed by atoms with E-state index < -0.39 is 12.3 Å². The number of aryl methyl sites for hydroxylation is 1. The van der Waals surface area contributed by atoms with E-state index in [1.54, 1.807) is 18.0 Å². The summed E-state index contributed by atoms with van der Waals surface area (Å²) in [4.78, 5) is 27.4. The van der Waals surface area contributed by atoms with Gasteiger partial charge in [0, 0.05) is 49.6 Å². The van der Waals surface area contributed by atoms with Crippen molar-refractivity contribution in [1.82, 2.24) is 14.9 Å². The van der Waals surface area contributed by atoms with Crippen LogP contribution in [0.2, 0.25) is 0 Å². The number of ether oxygens (including phenoxy) is 2. The molecule has 0 unspecified atom stereocenters. The number of aliphatic carboxylic acids is 1. The molecule has 1 saturated heterocycles. The van der Waals surface area contributed by atoms with Crippen molar-refractivity contribution in [2.24, 2.45) is 13.0 Å². The molecule has 0 aliphatic carbocycles. The van der Waals surface area contributed by atoms with E-state index in [1.807, 2.05) is 90.6 Å². The third-order valence-electron chi connectivity index (χ3n) is 7.83. The van der Waals surface area contributed by atoms with Gasteiger partial charge in [-0.1, -0.05) is 91.5 Å². The van der Waals surface area contributed by atoms with Gasteiger partial charge in [-0.15, -0.1) is 0 Å². The minimum absolute atomic E-state index is 0.0113. The lowest BCUT2D eigenvalue weighted by Crippen LogP contribution is -2.38. The molecular formula is C34H37N3O6S. The lowest BCUT2D eigenvalue weighted by atomic mass is 9.91. The molecule has 1 aliphatic rings. The largest absolute Gasteiger partial charge is 0.481 e. The second-order valence-corrected chi connectivity index (χ2v) is 11.9. The highest BCUT2D eigenvalue weighted by Gasteiger charge is 2.38. The number of carboxylic acids is 1. The molecule has 4 atom stereocenters. The van der Waals surface area contributed by atoms with Crippen molar-refractivity contribution in [2.45, 2.75) is 56.6 Å². The van der Waals surface area contributed by atoms with Crippen LogP contribution in [0, 0.1) is 5.92 Å². The van der Waals surface area contributed by atoms with E-state index in [0.29, 0.717) is 12.3 Å². The first kappa shape index (κ1) is 31.5. The van der Waals surface area contributed by atoms with Crippen molar-refractivity contribution in [1.29, 1.82) is 0 Å². The van der Waals surface area contributed by atoms with Crippen LogP contribution in [0.5, 0.6) is 0 Å². The van der Waals surface area contributed by atoms with Crippen LogP contribution in [0.25, 0.3) is 11.1 Å². The molecule has 1 amide bonds. The molecule has 1 aliphatic heterocycles. The molecule has 10 heteroatoms. The standard InChI is InChI=1S/C34H37N3O6S/c1-22-29(21-44-34-35-17-18-37(34)2)42-33(43-32(22)25-9-7-23(20-38)8-10-25)26-13-11-24(12-14-26)28-6-4-3-5-27(28)19-36-30(39)15-16-31(40)41/h3-14,17-18,22,29,32-33,38H,15-16,19-21H2,1-2H3,(H,36,39)(H,40,41)/t22-,29+,32+,33+/m1/s1. The summed E-state index contributed by atoms with van der Waals surface area (Å²) in [6, 6.07) is 23.7.